The summed E-state index contributed by atoms with van der Waals surface area (Å²) in [5.74, 6) is 0.717. The number of ether oxygens (including phenoxy) is 1. The van der Waals surface area contributed by atoms with Gasteiger partial charge in [0, 0.05) is 23.5 Å². The summed E-state index contributed by atoms with van der Waals surface area (Å²) in [6.07, 6.45) is 3.49. The van der Waals surface area contributed by atoms with Crippen molar-refractivity contribution in [1.82, 2.24) is 4.98 Å². The highest BCUT2D eigenvalue weighted by Crippen LogP contribution is 2.18. The van der Waals surface area contributed by atoms with Gasteiger partial charge in [0.05, 0.1) is 6.61 Å². The van der Waals surface area contributed by atoms with Gasteiger partial charge in [-0.3, -0.25) is 4.98 Å². The van der Waals surface area contributed by atoms with Crippen LogP contribution in [0.5, 0.6) is 5.75 Å². The highest BCUT2D eigenvalue weighted by atomic mass is 16.5. The molecule has 0 spiro atoms. The number of benzene rings is 1. The topological polar surface area (TPSA) is 42.4 Å². The Morgan fingerprint density at radius 2 is 2.00 bits per heavy atom. The van der Waals surface area contributed by atoms with Crippen molar-refractivity contribution in [2.45, 2.75) is 13.2 Å². The van der Waals surface area contributed by atoms with Gasteiger partial charge in [-0.1, -0.05) is 24.3 Å². The third-order valence-corrected chi connectivity index (χ3v) is 2.26. The lowest BCUT2D eigenvalue weighted by Gasteiger charge is -2.09. The maximum absolute atomic E-state index is 9.12. The van der Waals surface area contributed by atoms with E-state index in [1.165, 1.54) is 0 Å². The molecule has 0 atom stereocenters. The summed E-state index contributed by atoms with van der Waals surface area (Å²) in [6.45, 7) is 0.452. The van der Waals surface area contributed by atoms with Gasteiger partial charge in [-0.05, 0) is 12.1 Å². The Balaban J connectivity index is 2.05. The molecule has 2 aromatic rings. The van der Waals surface area contributed by atoms with Gasteiger partial charge in [0.15, 0.2) is 0 Å². The van der Waals surface area contributed by atoms with Crippen molar-refractivity contribution in [1.29, 1.82) is 0 Å². The van der Waals surface area contributed by atoms with Crippen molar-refractivity contribution in [2.24, 2.45) is 0 Å². The van der Waals surface area contributed by atoms with Crippen LogP contribution in [0.3, 0.4) is 0 Å². The van der Waals surface area contributed by atoms with Crippen molar-refractivity contribution in [2.75, 3.05) is 0 Å². The number of hydrogen-bond acceptors (Lipinski definition) is 3. The van der Waals surface area contributed by atoms with Crippen LogP contribution in [-0.4, -0.2) is 10.1 Å². The fourth-order valence-corrected chi connectivity index (χ4v) is 1.42. The fraction of sp³-hybridized carbons (Fsp3) is 0.154. The number of aliphatic hydroxyl groups excluding tert-OH is 1. The van der Waals surface area contributed by atoms with E-state index in [9.17, 15) is 0 Å². The van der Waals surface area contributed by atoms with Crippen LogP contribution in [-0.2, 0) is 13.2 Å². The highest BCUT2D eigenvalue weighted by molar-refractivity contribution is 5.32. The molecule has 1 heterocycles. The Morgan fingerprint density at radius 3 is 2.75 bits per heavy atom. The molecule has 0 saturated carbocycles. The number of hydrogen-bond donors (Lipinski definition) is 1. The van der Waals surface area contributed by atoms with E-state index in [0.29, 0.717) is 12.4 Å². The molecule has 0 aliphatic rings. The Hall–Kier alpha value is -1.87. The van der Waals surface area contributed by atoms with E-state index < -0.39 is 0 Å². The van der Waals surface area contributed by atoms with Gasteiger partial charge >= 0.3 is 0 Å². The predicted octanol–water partition coefficient (Wildman–Crippen LogP) is 2.15. The summed E-state index contributed by atoms with van der Waals surface area (Å²) < 4.78 is 5.61. The average Bonchev–Trinajstić information content (AvgIpc) is 2.38. The molecule has 0 radical (unpaired) electrons. The van der Waals surface area contributed by atoms with Crippen molar-refractivity contribution < 1.29 is 9.84 Å². The first-order valence-corrected chi connectivity index (χ1v) is 5.10. The van der Waals surface area contributed by atoms with Gasteiger partial charge in [-0.2, -0.15) is 0 Å². The standard InChI is InChI=1S/C13H13NO2/c15-9-12-5-1-2-6-13(12)16-10-11-4-3-7-14-8-11/h1-8,15H,9-10H2. The smallest absolute Gasteiger partial charge is 0.125 e. The van der Waals surface area contributed by atoms with Crippen LogP contribution < -0.4 is 4.74 Å². The van der Waals surface area contributed by atoms with Crippen LogP contribution >= 0.6 is 0 Å². The second kappa shape index (κ2) is 5.28. The first-order chi connectivity index (χ1) is 7.90. The molecule has 2 rings (SSSR count). The lowest BCUT2D eigenvalue weighted by molar-refractivity contribution is 0.259. The van der Waals surface area contributed by atoms with Crippen LogP contribution in [0.25, 0.3) is 0 Å². The molecule has 0 fully saturated rings. The minimum absolute atomic E-state index is 0.0107. The Morgan fingerprint density at radius 1 is 1.12 bits per heavy atom. The predicted molar refractivity (Wildman–Crippen MR) is 60.9 cm³/mol. The summed E-state index contributed by atoms with van der Waals surface area (Å²) in [4.78, 5) is 4.01. The van der Waals surface area contributed by atoms with Gasteiger partial charge in [0.2, 0.25) is 0 Å². The van der Waals surface area contributed by atoms with E-state index in [0.717, 1.165) is 11.1 Å². The lowest BCUT2D eigenvalue weighted by atomic mass is 10.2. The van der Waals surface area contributed by atoms with Gasteiger partial charge < -0.3 is 9.84 Å². The molecular weight excluding hydrogens is 202 g/mol. The van der Waals surface area contributed by atoms with E-state index in [2.05, 4.69) is 4.98 Å². The number of rotatable bonds is 4. The number of aliphatic hydroxyl groups is 1. The Kier molecular flexibility index (Phi) is 3.51. The molecule has 0 aliphatic carbocycles. The molecular formula is C13H13NO2. The third-order valence-electron chi connectivity index (χ3n) is 2.26. The van der Waals surface area contributed by atoms with Crippen molar-refractivity contribution in [3.63, 3.8) is 0 Å². The van der Waals surface area contributed by atoms with Crippen molar-refractivity contribution in [3.8, 4) is 5.75 Å². The average molecular weight is 215 g/mol. The van der Waals surface area contributed by atoms with Crippen LogP contribution in [0.2, 0.25) is 0 Å². The molecule has 0 unspecified atom stereocenters. The molecule has 1 aromatic heterocycles. The zero-order valence-electron chi connectivity index (χ0n) is 8.84. The van der Waals surface area contributed by atoms with Crippen LogP contribution in [0.4, 0.5) is 0 Å². The highest BCUT2D eigenvalue weighted by Gasteiger charge is 2.01. The number of nitrogens with zero attached hydrogens (tertiary/aromatic N) is 1. The molecule has 3 heteroatoms. The number of pyridine rings is 1. The SMILES string of the molecule is OCc1ccccc1OCc1cccnc1. The van der Waals surface area contributed by atoms with E-state index in [1.54, 1.807) is 12.4 Å². The normalized spacial score (nSPS) is 10.1. The van der Waals surface area contributed by atoms with Gasteiger partial charge in [-0.15, -0.1) is 0 Å². The quantitative estimate of drug-likeness (QED) is 0.849. The summed E-state index contributed by atoms with van der Waals surface area (Å²) in [5, 5.41) is 9.12. The van der Waals surface area contributed by atoms with E-state index in [-0.39, 0.29) is 6.61 Å². The van der Waals surface area contributed by atoms with Gasteiger partial charge in [0.25, 0.3) is 0 Å². The summed E-state index contributed by atoms with van der Waals surface area (Å²) in [7, 11) is 0. The van der Waals surface area contributed by atoms with Crippen molar-refractivity contribution >= 4 is 0 Å². The van der Waals surface area contributed by atoms with Crippen LogP contribution in [0.1, 0.15) is 11.1 Å². The molecule has 16 heavy (non-hydrogen) atoms. The molecule has 0 saturated heterocycles. The molecule has 3 nitrogen and oxygen atoms in total. The van der Waals surface area contributed by atoms with E-state index >= 15 is 0 Å². The van der Waals surface area contributed by atoms with Gasteiger partial charge in [0.1, 0.15) is 12.4 Å². The van der Waals surface area contributed by atoms with E-state index in [1.807, 2.05) is 36.4 Å². The molecule has 0 bridgehead atoms. The van der Waals surface area contributed by atoms with Crippen LogP contribution in [0, 0.1) is 0 Å². The molecule has 0 amide bonds. The first-order valence-electron chi connectivity index (χ1n) is 5.10. The summed E-state index contributed by atoms with van der Waals surface area (Å²) in [5.41, 5.74) is 1.81. The summed E-state index contributed by atoms with van der Waals surface area (Å²) >= 11 is 0. The van der Waals surface area contributed by atoms with E-state index in [4.69, 9.17) is 9.84 Å². The minimum Gasteiger partial charge on any atom is -0.488 e. The first kappa shape index (κ1) is 10.6. The summed E-state index contributed by atoms with van der Waals surface area (Å²) in [6, 6.07) is 11.3. The Labute approximate surface area is 94.3 Å². The molecule has 0 aliphatic heterocycles. The number of aromatic nitrogens is 1. The largest absolute Gasteiger partial charge is 0.488 e. The minimum atomic E-state index is -0.0107. The molecule has 1 aromatic carbocycles. The van der Waals surface area contributed by atoms with Gasteiger partial charge in [-0.25, -0.2) is 0 Å². The fourth-order valence-electron chi connectivity index (χ4n) is 1.42. The maximum atomic E-state index is 9.12. The second-order valence-corrected chi connectivity index (χ2v) is 3.42. The molecule has 82 valence electrons. The molecule has 1 N–H and O–H groups in total. The second-order valence-electron chi connectivity index (χ2n) is 3.42. The number of para-hydroxylation sites is 1. The van der Waals surface area contributed by atoms with Crippen LogP contribution in [0.15, 0.2) is 48.8 Å². The zero-order valence-corrected chi connectivity index (χ0v) is 8.84. The Bertz CT molecular complexity index is 443. The van der Waals surface area contributed by atoms with Crippen molar-refractivity contribution in [3.05, 3.63) is 59.9 Å². The zero-order chi connectivity index (χ0) is 11.2. The monoisotopic (exact) mass is 215 g/mol. The maximum Gasteiger partial charge on any atom is 0.125 e. The lowest BCUT2D eigenvalue weighted by Crippen LogP contribution is -1.98. The third kappa shape index (κ3) is 2.58.